The first kappa shape index (κ1) is 98.6. The van der Waals surface area contributed by atoms with Crippen LogP contribution >= 0.6 is 0 Å². The maximum Gasteiger partial charge on any atom is 0.0799 e. The van der Waals surface area contributed by atoms with Crippen molar-refractivity contribution in [3.05, 3.63) is 381 Å². The van der Waals surface area contributed by atoms with Gasteiger partial charge >= 0.3 is 0 Å². The summed E-state index contributed by atoms with van der Waals surface area (Å²) in [4.78, 5) is 27.2. The van der Waals surface area contributed by atoms with E-state index >= 15 is 0 Å². The second-order valence-corrected chi connectivity index (χ2v) is 47.9. The van der Waals surface area contributed by atoms with Crippen molar-refractivity contribution >= 4 is 39.8 Å². The normalized spacial score (nSPS) is 10.7. The minimum atomic E-state index is -1.43. The van der Waals surface area contributed by atoms with Crippen LogP contribution in [0.25, 0.3) is 101 Å². The van der Waals surface area contributed by atoms with Gasteiger partial charge in [0, 0.05) is 97.5 Å². The van der Waals surface area contributed by atoms with E-state index in [4.69, 9.17) is 15.0 Å². The van der Waals surface area contributed by atoms with Gasteiger partial charge in [-0.25, -0.2) is 0 Å². The fraction of sp³-hybridized carbons (Fsp3) is 0.229. The van der Waals surface area contributed by atoms with E-state index < -0.39 is 24.2 Å². The molecule has 0 amide bonds. The second-order valence-electron chi connectivity index (χ2n) is 32.7. The molecule has 6 heterocycles. The summed E-state index contributed by atoms with van der Waals surface area (Å²) in [6, 6.07) is 116. The molecular formula is C109H116Ir3N6Si3-6. The SMILES string of the molecule is CCCCCCc1c([Si](C)(C)C)cnc(-c2[c-]cc(-c3ccccc3)cc2)c1C.CCCCCc1cc(-c2[c-]cc(-c3ccccc3)cc2)ncc1[Si](C)(C)C.CCCCc1cc(-c2[c-]cc(-c3ccccc3)cc2)ncc1[Si](C)(C)C.[Ir].[Ir].[Ir].[c-]1ccccc1-c1ccccn1.[c-]1ccccc1-c1ccccn1.[c-]1ccccc1-c1ccccn1. The molecule has 0 unspecified atom stereocenters. The third-order valence-corrected chi connectivity index (χ3v) is 26.7. The van der Waals surface area contributed by atoms with Crippen LogP contribution in [0.3, 0.4) is 0 Å². The average Bonchev–Trinajstić information content (AvgIpc) is 0.791. The molecule has 3 radical (unpaired) electrons. The molecule has 0 spiro atoms. The first-order chi connectivity index (χ1) is 57.3. The van der Waals surface area contributed by atoms with Crippen molar-refractivity contribution in [2.45, 2.75) is 164 Å². The van der Waals surface area contributed by atoms with Gasteiger partial charge in [-0.15, -0.1) is 197 Å². The van der Waals surface area contributed by atoms with Crippen molar-refractivity contribution in [3.8, 4) is 101 Å². The molecule has 6 nitrogen and oxygen atoms in total. The largest absolute Gasteiger partial charge is 0.305 e. The van der Waals surface area contributed by atoms with Gasteiger partial charge in [0.2, 0.25) is 0 Å². The van der Waals surface area contributed by atoms with E-state index in [0.717, 1.165) is 80.4 Å². The molecule has 0 saturated carbocycles. The number of hydrogen-bond donors (Lipinski definition) is 0. The first-order valence-electron chi connectivity index (χ1n) is 42.1. The van der Waals surface area contributed by atoms with Crippen LogP contribution in [0.4, 0.5) is 0 Å². The Morgan fingerprint density at radius 2 is 0.587 bits per heavy atom. The zero-order valence-corrected chi connectivity index (χ0v) is 83.0. The molecule has 0 bridgehead atoms. The van der Waals surface area contributed by atoms with Gasteiger partial charge in [-0.2, -0.15) is 0 Å². The monoisotopic (exact) mass is 2170 g/mol. The summed E-state index contributed by atoms with van der Waals surface area (Å²) in [5, 5.41) is 4.52. The topological polar surface area (TPSA) is 77.3 Å². The Balaban J connectivity index is 0.000000206. The number of aryl methyl sites for hydroxylation is 2. The Hall–Kier alpha value is -9.52. The Labute approximate surface area is 768 Å². The quantitative estimate of drug-likeness (QED) is 0.0341. The number of hydrogen-bond acceptors (Lipinski definition) is 6. The van der Waals surface area contributed by atoms with Gasteiger partial charge in [0.1, 0.15) is 0 Å². The fourth-order valence-corrected chi connectivity index (χ4v) is 18.9. The number of pyridine rings is 6. The third-order valence-electron chi connectivity index (χ3n) is 20.5. The van der Waals surface area contributed by atoms with E-state index in [1.54, 1.807) is 24.2 Å². The average molecular weight is 2170 g/mol. The van der Waals surface area contributed by atoms with Gasteiger partial charge in [0.25, 0.3) is 0 Å². The minimum Gasteiger partial charge on any atom is -0.305 e. The number of nitrogens with zero attached hydrogens (tertiary/aromatic N) is 6. The zero-order valence-electron chi connectivity index (χ0n) is 72.8. The summed E-state index contributed by atoms with van der Waals surface area (Å²) in [5.74, 6) is 0. The van der Waals surface area contributed by atoms with Crippen LogP contribution in [0, 0.1) is 43.3 Å². The van der Waals surface area contributed by atoms with Gasteiger partial charge in [-0.05, 0) is 113 Å². The molecule has 6 aromatic heterocycles. The van der Waals surface area contributed by atoms with Crippen LogP contribution in [0.5, 0.6) is 0 Å². The van der Waals surface area contributed by atoms with Gasteiger partial charge < -0.3 is 29.9 Å². The Morgan fingerprint density at radius 3 is 0.909 bits per heavy atom. The maximum atomic E-state index is 4.93. The van der Waals surface area contributed by atoms with Crippen molar-refractivity contribution < 1.29 is 60.3 Å². The third kappa shape index (κ3) is 31.1. The molecule has 0 aliphatic heterocycles. The molecule has 0 atom stereocenters. The van der Waals surface area contributed by atoms with Crippen LogP contribution in [-0.4, -0.2) is 54.1 Å². The Bertz CT molecular complexity index is 5090. The van der Waals surface area contributed by atoms with Gasteiger partial charge in [0.15, 0.2) is 0 Å². The van der Waals surface area contributed by atoms with E-state index in [2.05, 4.69) is 302 Å². The molecule has 9 aromatic carbocycles. The van der Waals surface area contributed by atoms with Gasteiger partial charge in [-0.3, -0.25) is 0 Å². The maximum absolute atomic E-state index is 4.93. The van der Waals surface area contributed by atoms with Crippen LogP contribution in [0.15, 0.2) is 322 Å². The van der Waals surface area contributed by atoms with E-state index in [0.29, 0.717) is 0 Å². The first-order valence-corrected chi connectivity index (χ1v) is 52.6. The molecule has 15 aromatic rings. The smallest absolute Gasteiger partial charge is 0.0799 e. The van der Waals surface area contributed by atoms with Crippen LogP contribution in [0.1, 0.15) is 101 Å². The van der Waals surface area contributed by atoms with Crippen molar-refractivity contribution in [2.75, 3.05) is 0 Å². The molecule has 0 aliphatic rings. The van der Waals surface area contributed by atoms with Crippen molar-refractivity contribution in [3.63, 3.8) is 0 Å². The second kappa shape index (κ2) is 51.4. The predicted molar refractivity (Wildman–Crippen MR) is 511 cm³/mol. The van der Waals surface area contributed by atoms with E-state index in [1.807, 2.05) is 140 Å². The number of aromatic nitrogens is 6. The van der Waals surface area contributed by atoms with Gasteiger partial charge in [0.05, 0.1) is 24.2 Å². The zero-order chi connectivity index (χ0) is 83.4. The minimum absolute atomic E-state index is 0. The van der Waals surface area contributed by atoms with Crippen molar-refractivity contribution in [1.82, 2.24) is 29.9 Å². The summed E-state index contributed by atoms with van der Waals surface area (Å²) >= 11 is 0. The Morgan fingerprint density at radius 1 is 0.264 bits per heavy atom. The van der Waals surface area contributed by atoms with Crippen molar-refractivity contribution in [2.24, 2.45) is 0 Å². The molecular weight excluding hydrogens is 2050 g/mol. The fourth-order valence-electron chi connectivity index (χ4n) is 14.0. The van der Waals surface area contributed by atoms with E-state index in [9.17, 15) is 0 Å². The molecule has 627 valence electrons. The van der Waals surface area contributed by atoms with Crippen molar-refractivity contribution in [1.29, 1.82) is 0 Å². The van der Waals surface area contributed by atoms with Gasteiger partial charge in [-0.1, -0.05) is 313 Å². The summed E-state index contributed by atoms with van der Waals surface area (Å²) in [5.41, 5.74) is 25.6. The van der Waals surface area contributed by atoms with Crippen LogP contribution < -0.4 is 15.6 Å². The van der Waals surface area contributed by atoms with E-state index in [1.165, 1.54) is 130 Å². The summed E-state index contributed by atoms with van der Waals surface area (Å²) in [6.45, 7) is 30.8. The number of rotatable bonds is 24. The molecule has 15 rings (SSSR count). The molecule has 0 saturated heterocycles. The number of benzene rings is 9. The molecule has 121 heavy (non-hydrogen) atoms. The summed E-state index contributed by atoms with van der Waals surface area (Å²) in [6.07, 6.45) is 26.7. The number of unbranched alkanes of at least 4 members (excludes halogenated alkanes) is 6. The molecule has 12 heteroatoms. The molecule has 0 N–H and O–H groups in total. The van der Waals surface area contributed by atoms with Crippen LogP contribution in [0.2, 0.25) is 58.9 Å². The predicted octanol–water partition coefficient (Wildman–Crippen LogP) is 27.4. The summed E-state index contributed by atoms with van der Waals surface area (Å²) < 4.78 is 0. The van der Waals surface area contributed by atoms with Crippen LogP contribution in [-0.2, 0) is 79.6 Å². The summed E-state index contributed by atoms with van der Waals surface area (Å²) in [7, 11) is -4.19. The van der Waals surface area contributed by atoms with E-state index in [-0.39, 0.29) is 60.3 Å². The Kier molecular flexibility index (Phi) is 41.9. The molecule has 0 aliphatic carbocycles. The standard InChI is InChI=1S/C27H34NSi.C25H30NSi.C24H28NSi.3C11H8N.3Ir/c1-6-7-8-12-15-25-21(2)27(28-20-26(25)29(3,4)5)24-18-16-23(17-19-24)22-13-10-9-11-14-22;1-5-6-8-13-23-18-24(26-19-25(23)27(2,3)4)22-16-14-21(15-17-22)20-11-9-7-10-12-20;1-5-6-10-22-17-23(25-18-24(22)26(2,3)4)21-15-13-20(14-16-21)19-11-8-7-9-12-19;3*1-2-6-10(7-3-1)11-8-4-5-9-12-11;;;/h9-11,13-14,16-18,20H,6-8,12,15H2,1-5H3;7,9-12,14-16,18-19H,5-6,8,13H2,1-4H3;7-9,11-15,17-18H,5-6,10H2,1-4H3;3*1-6,8-9H;;;/q6*-1;;;. The molecule has 0 fully saturated rings.